The Kier molecular flexibility index (Phi) is 4.93. The number of carbonyl (C=O) groups excluding carboxylic acids is 1. The molecule has 1 heterocycles. The zero-order valence-electron chi connectivity index (χ0n) is 19.9. The third kappa shape index (κ3) is 3.00. The molecule has 5 fully saturated rings. The van der Waals surface area contributed by atoms with Gasteiger partial charge in [-0.15, -0.1) is 0 Å². The van der Waals surface area contributed by atoms with Gasteiger partial charge in [0.1, 0.15) is 11.8 Å². The maximum Gasteiger partial charge on any atom is 0.302 e. The molecule has 6 heteroatoms. The Morgan fingerprint density at radius 2 is 1.71 bits per heavy atom. The lowest BCUT2D eigenvalue weighted by Crippen LogP contribution is -2.63. The van der Waals surface area contributed by atoms with Crippen molar-refractivity contribution in [2.45, 2.75) is 109 Å². The van der Waals surface area contributed by atoms with E-state index >= 15 is 0 Å². The molecule has 1 aliphatic heterocycles. The number of ether oxygens (including phenoxy) is 2. The number of carbonyl (C=O) groups is 1. The number of hydrogen-bond acceptors (Lipinski definition) is 6. The molecule has 0 unspecified atom stereocenters. The molecule has 0 bridgehead atoms. The van der Waals surface area contributed by atoms with E-state index < -0.39 is 11.3 Å². The second-order valence-electron chi connectivity index (χ2n) is 12.6. The van der Waals surface area contributed by atoms with Crippen molar-refractivity contribution in [2.75, 3.05) is 6.61 Å². The standard InChI is InChI=1S/C25H41NO5/c1-15(27)31-21-7-6-17-16-12-20(28)19-13-25(26(29)22(2,3)14-30-25)11-10-23(19,4)18(16)8-9-24(17,21)5/h16-21,28-29H,6-14H2,1-5H3/t16-,17-,18-,19-,20+,21+,23+,24-,25+/m0/s1. The first kappa shape index (κ1) is 22.1. The number of nitrogens with zero attached hydrogens (tertiary/aromatic N) is 1. The average molecular weight is 436 g/mol. The molecule has 0 radical (unpaired) electrons. The number of aliphatic hydroxyl groups is 1. The summed E-state index contributed by atoms with van der Waals surface area (Å²) in [6.07, 6.45) is 7.22. The lowest BCUT2D eigenvalue weighted by molar-refractivity contribution is -0.292. The van der Waals surface area contributed by atoms with Crippen molar-refractivity contribution < 1.29 is 24.6 Å². The fourth-order valence-corrected chi connectivity index (χ4v) is 8.90. The monoisotopic (exact) mass is 435 g/mol. The molecule has 2 N–H and O–H groups in total. The van der Waals surface area contributed by atoms with Crippen LogP contribution in [-0.4, -0.2) is 51.4 Å². The van der Waals surface area contributed by atoms with E-state index in [1.807, 2.05) is 13.8 Å². The van der Waals surface area contributed by atoms with Crippen LogP contribution in [0.4, 0.5) is 0 Å². The molecule has 0 amide bonds. The molecule has 9 atom stereocenters. The molecule has 4 saturated carbocycles. The van der Waals surface area contributed by atoms with Crippen LogP contribution in [0.3, 0.4) is 0 Å². The van der Waals surface area contributed by atoms with E-state index in [0.717, 1.165) is 44.9 Å². The van der Waals surface area contributed by atoms with Gasteiger partial charge in [-0.1, -0.05) is 13.8 Å². The Balaban J connectivity index is 1.40. The Bertz CT molecular complexity index is 756. The van der Waals surface area contributed by atoms with E-state index in [-0.39, 0.29) is 34.9 Å². The molecular weight excluding hydrogens is 394 g/mol. The number of aliphatic hydroxyl groups excluding tert-OH is 1. The first-order valence-electron chi connectivity index (χ1n) is 12.4. The van der Waals surface area contributed by atoms with Gasteiger partial charge >= 0.3 is 5.97 Å². The molecule has 5 rings (SSSR count). The van der Waals surface area contributed by atoms with Gasteiger partial charge in [0.05, 0.1) is 18.2 Å². The van der Waals surface area contributed by atoms with Crippen LogP contribution in [0.15, 0.2) is 0 Å². The molecule has 176 valence electrons. The summed E-state index contributed by atoms with van der Waals surface area (Å²) in [5.41, 5.74) is -0.950. The number of rotatable bonds is 1. The summed E-state index contributed by atoms with van der Waals surface area (Å²) in [6, 6.07) is 0. The van der Waals surface area contributed by atoms with Crippen molar-refractivity contribution in [2.24, 2.45) is 34.5 Å². The van der Waals surface area contributed by atoms with E-state index in [4.69, 9.17) is 9.47 Å². The smallest absolute Gasteiger partial charge is 0.302 e. The SMILES string of the molecule is CC(=O)O[C@@H]1CC[C@H]2[C@@H]3C[C@@H](O)[C@@H]4C[C@@]5(CC[C@]4(C)[C@H]3CC[C@]12C)OCC(C)(C)N5O. The maximum absolute atomic E-state index is 11.7. The highest BCUT2D eigenvalue weighted by Crippen LogP contribution is 2.68. The fourth-order valence-electron chi connectivity index (χ4n) is 8.90. The Morgan fingerprint density at radius 1 is 1.00 bits per heavy atom. The first-order valence-corrected chi connectivity index (χ1v) is 12.4. The van der Waals surface area contributed by atoms with E-state index in [2.05, 4.69) is 13.8 Å². The number of esters is 1. The van der Waals surface area contributed by atoms with E-state index in [1.54, 1.807) is 0 Å². The average Bonchev–Trinajstić information content (AvgIpc) is 3.13. The van der Waals surface area contributed by atoms with Crippen LogP contribution in [0, 0.1) is 34.5 Å². The van der Waals surface area contributed by atoms with Gasteiger partial charge in [0.25, 0.3) is 0 Å². The minimum absolute atomic E-state index is 0.0188. The number of fused-ring (bicyclic) bond motifs is 5. The van der Waals surface area contributed by atoms with Crippen molar-refractivity contribution in [3.8, 4) is 0 Å². The van der Waals surface area contributed by atoms with Crippen LogP contribution >= 0.6 is 0 Å². The van der Waals surface area contributed by atoms with E-state index in [0.29, 0.717) is 30.8 Å². The quantitative estimate of drug-likeness (QED) is 0.603. The summed E-state index contributed by atoms with van der Waals surface area (Å²) in [5, 5.41) is 23.9. The first-order chi connectivity index (χ1) is 14.4. The predicted molar refractivity (Wildman–Crippen MR) is 115 cm³/mol. The molecule has 0 aromatic heterocycles. The van der Waals surface area contributed by atoms with Gasteiger partial charge in [-0.2, -0.15) is 5.06 Å². The lowest BCUT2D eigenvalue weighted by atomic mass is 9.44. The summed E-state index contributed by atoms with van der Waals surface area (Å²) >= 11 is 0. The second-order valence-corrected chi connectivity index (χ2v) is 12.6. The molecule has 6 nitrogen and oxygen atoms in total. The minimum atomic E-state index is -0.654. The Hall–Kier alpha value is -0.690. The third-order valence-electron chi connectivity index (χ3n) is 10.6. The van der Waals surface area contributed by atoms with Crippen molar-refractivity contribution in [1.82, 2.24) is 5.06 Å². The van der Waals surface area contributed by atoms with Gasteiger partial charge in [0, 0.05) is 12.3 Å². The van der Waals surface area contributed by atoms with Crippen molar-refractivity contribution in [1.29, 1.82) is 0 Å². The number of hydroxylamine groups is 2. The third-order valence-corrected chi connectivity index (χ3v) is 10.6. The maximum atomic E-state index is 11.7. The van der Waals surface area contributed by atoms with Gasteiger partial charge in [-0.05, 0) is 94.3 Å². The highest BCUT2D eigenvalue weighted by atomic mass is 16.6. The van der Waals surface area contributed by atoms with Crippen molar-refractivity contribution >= 4 is 5.97 Å². The topological polar surface area (TPSA) is 79.2 Å². The molecule has 0 aromatic carbocycles. The summed E-state index contributed by atoms with van der Waals surface area (Å²) < 4.78 is 12.0. The Morgan fingerprint density at radius 3 is 2.35 bits per heavy atom. The molecule has 1 saturated heterocycles. The summed E-state index contributed by atoms with van der Waals surface area (Å²) in [5.74, 6) is 1.54. The molecular formula is C25H41NO5. The van der Waals surface area contributed by atoms with Gasteiger partial charge in [0.2, 0.25) is 0 Å². The van der Waals surface area contributed by atoms with Gasteiger partial charge < -0.3 is 19.8 Å². The van der Waals surface area contributed by atoms with Gasteiger partial charge in [-0.3, -0.25) is 4.79 Å². The highest BCUT2D eigenvalue weighted by Gasteiger charge is 2.66. The molecule has 4 aliphatic carbocycles. The normalized spacial score (nSPS) is 53.6. The van der Waals surface area contributed by atoms with E-state index in [9.17, 15) is 15.1 Å². The second kappa shape index (κ2) is 6.91. The minimum Gasteiger partial charge on any atom is -0.462 e. The van der Waals surface area contributed by atoms with Crippen LogP contribution in [0.2, 0.25) is 0 Å². The lowest BCUT2D eigenvalue weighted by Gasteiger charge is -2.63. The summed E-state index contributed by atoms with van der Waals surface area (Å²) in [6.45, 7) is 10.8. The highest BCUT2D eigenvalue weighted by molar-refractivity contribution is 5.66. The van der Waals surface area contributed by atoms with Gasteiger partial charge in [-0.25, -0.2) is 0 Å². The number of hydrogen-bond donors (Lipinski definition) is 2. The zero-order valence-corrected chi connectivity index (χ0v) is 19.9. The molecule has 31 heavy (non-hydrogen) atoms. The summed E-state index contributed by atoms with van der Waals surface area (Å²) in [4.78, 5) is 11.7. The van der Waals surface area contributed by atoms with Crippen molar-refractivity contribution in [3.05, 3.63) is 0 Å². The Labute approximate surface area is 186 Å². The molecule has 0 aromatic rings. The van der Waals surface area contributed by atoms with Crippen LogP contribution in [0.1, 0.15) is 86.0 Å². The van der Waals surface area contributed by atoms with E-state index in [1.165, 1.54) is 12.0 Å². The van der Waals surface area contributed by atoms with Crippen molar-refractivity contribution in [3.63, 3.8) is 0 Å². The largest absolute Gasteiger partial charge is 0.462 e. The van der Waals surface area contributed by atoms with Crippen LogP contribution < -0.4 is 0 Å². The van der Waals surface area contributed by atoms with Crippen LogP contribution in [-0.2, 0) is 14.3 Å². The molecule has 5 aliphatic rings. The summed E-state index contributed by atoms with van der Waals surface area (Å²) in [7, 11) is 0. The zero-order chi connectivity index (χ0) is 22.4. The van der Waals surface area contributed by atoms with Crippen LogP contribution in [0.5, 0.6) is 0 Å². The van der Waals surface area contributed by atoms with Crippen LogP contribution in [0.25, 0.3) is 0 Å². The molecule has 1 spiro atoms. The predicted octanol–water partition coefficient (Wildman–Crippen LogP) is 4.13. The van der Waals surface area contributed by atoms with Gasteiger partial charge in [0.15, 0.2) is 0 Å². The fraction of sp³-hybridized carbons (Fsp3) is 0.960.